The first-order chi connectivity index (χ1) is 20.5. The summed E-state index contributed by atoms with van der Waals surface area (Å²) in [6.07, 6.45) is 0. The van der Waals surface area contributed by atoms with E-state index in [4.69, 9.17) is 9.47 Å². The highest BCUT2D eigenvalue weighted by Gasteiger charge is 2.29. The molecule has 2 amide bonds. The molecule has 1 unspecified atom stereocenters. The van der Waals surface area contributed by atoms with Gasteiger partial charge in [0.2, 0.25) is 5.91 Å². The second kappa shape index (κ2) is 13.2. The van der Waals surface area contributed by atoms with Crippen molar-refractivity contribution in [3.8, 4) is 22.8 Å². The molecule has 1 aliphatic heterocycles. The van der Waals surface area contributed by atoms with Crippen molar-refractivity contribution in [3.63, 3.8) is 0 Å². The summed E-state index contributed by atoms with van der Waals surface area (Å²) in [4.78, 5) is 32.8. The zero-order valence-electron chi connectivity index (χ0n) is 24.1. The maximum atomic E-state index is 13.7. The van der Waals surface area contributed by atoms with Crippen molar-refractivity contribution in [2.75, 3.05) is 51.8 Å². The van der Waals surface area contributed by atoms with Gasteiger partial charge >= 0.3 is 0 Å². The molecule has 0 bridgehead atoms. The molecular weight excluding hydrogens is 530 g/mol. The summed E-state index contributed by atoms with van der Waals surface area (Å²) in [6, 6.07) is 28.1. The average molecular weight is 566 g/mol. The number of benzene rings is 3. The van der Waals surface area contributed by atoms with E-state index < -0.39 is 0 Å². The fourth-order valence-electron chi connectivity index (χ4n) is 5.04. The molecule has 5 rings (SSSR count). The summed E-state index contributed by atoms with van der Waals surface area (Å²) in [5.74, 6) is 1.95. The van der Waals surface area contributed by atoms with Gasteiger partial charge in [-0.3, -0.25) is 9.59 Å². The Morgan fingerprint density at radius 2 is 1.40 bits per heavy atom. The van der Waals surface area contributed by atoms with E-state index in [0.29, 0.717) is 37.5 Å². The largest absolute Gasteiger partial charge is 0.497 e. The van der Waals surface area contributed by atoms with Crippen LogP contribution in [0, 0.1) is 0 Å². The van der Waals surface area contributed by atoms with E-state index in [9.17, 15) is 9.59 Å². The molecule has 1 saturated heterocycles. The van der Waals surface area contributed by atoms with E-state index in [1.807, 2.05) is 78.6 Å². The SMILES string of the molecule is COc1ccc(C(=O)N(CC(=O)N2CCN(c3ccc(-c4ccc(OC)cc4)nn3)CC2)C(C)c2ccccc2)cc1. The van der Waals surface area contributed by atoms with E-state index in [1.165, 1.54) is 0 Å². The Bertz CT molecular complexity index is 1470. The van der Waals surface area contributed by atoms with E-state index in [0.717, 1.165) is 28.4 Å². The topological polar surface area (TPSA) is 88.1 Å². The van der Waals surface area contributed by atoms with Crippen LogP contribution >= 0.6 is 0 Å². The number of aromatic nitrogens is 2. The van der Waals surface area contributed by atoms with Crippen molar-refractivity contribution >= 4 is 17.6 Å². The zero-order chi connectivity index (χ0) is 29.5. The van der Waals surface area contributed by atoms with Crippen molar-refractivity contribution < 1.29 is 19.1 Å². The van der Waals surface area contributed by atoms with Crippen LogP contribution in [0.2, 0.25) is 0 Å². The lowest BCUT2D eigenvalue weighted by molar-refractivity contribution is -0.132. The Hall–Kier alpha value is -4.92. The number of ether oxygens (including phenoxy) is 2. The zero-order valence-corrected chi connectivity index (χ0v) is 24.1. The Kier molecular flexibility index (Phi) is 8.96. The first-order valence-corrected chi connectivity index (χ1v) is 14.0. The van der Waals surface area contributed by atoms with E-state index in [1.54, 1.807) is 43.4 Å². The van der Waals surface area contributed by atoms with Gasteiger partial charge in [0.05, 0.1) is 26.0 Å². The highest BCUT2D eigenvalue weighted by Crippen LogP contribution is 2.25. The maximum absolute atomic E-state index is 13.7. The van der Waals surface area contributed by atoms with Gasteiger partial charge in [-0.1, -0.05) is 30.3 Å². The lowest BCUT2D eigenvalue weighted by Crippen LogP contribution is -2.52. The summed E-state index contributed by atoms with van der Waals surface area (Å²) in [5.41, 5.74) is 3.22. The number of anilines is 1. The van der Waals surface area contributed by atoms with Gasteiger partial charge < -0.3 is 24.2 Å². The van der Waals surface area contributed by atoms with Gasteiger partial charge in [-0.2, -0.15) is 0 Å². The van der Waals surface area contributed by atoms with E-state index in [2.05, 4.69) is 15.1 Å². The van der Waals surface area contributed by atoms with Gasteiger partial charge in [0.25, 0.3) is 5.91 Å². The summed E-state index contributed by atoms with van der Waals surface area (Å²) in [7, 11) is 3.23. The van der Waals surface area contributed by atoms with Crippen LogP contribution in [0.4, 0.5) is 5.82 Å². The maximum Gasteiger partial charge on any atom is 0.254 e. The van der Waals surface area contributed by atoms with Gasteiger partial charge in [0, 0.05) is 37.3 Å². The van der Waals surface area contributed by atoms with Crippen molar-refractivity contribution in [1.82, 2.24) is 20.0 Å². The fourth-order valence-corrected chi connectivity index (χ4v) is 5.04. The molecule has 42 heavy (non-hydrogen) atoms. The molecule has 0 saturated carbocycles. The molecule has 1 fully saturated rings. The number of carbonyl (C=O) groups is 2. The molecule has 2 heterocycles. The molecule has 9 nitrogen and oxygen atoms in total. The van der Waals surface area contributed by atoms with Crippen LogP contribution in [0.1, 0.15) is 28.9 Å². The molecule has 0 N–H and O–H groups in total. The van der Waals surface area contributed by atoms with Crippen LogP contribution in [0.5, 0.6) is 11.5 Å². The predicted octanol–water partition coefficient (Wildman–Crippen LogP) is 4.71. The number of hydrogen-bond donors (Lipinski definition) is 0. The van der Waals surface area contributed by atoms with Gasteiger partial charge in [-0.05, 0) is 73.2 Å². The quantitative estimate of drug-likeness (QED) is 0.290. The first kappa shape index (κ1) is 28.6. The van der Waals surface area contributed by atoms with Crippen molar-refractivity contribution in [2.45, 2.75) is 13.0 Å². The Morgan fingerprint density at radius 1 is 0.786 bits per heavy atom. The minimum absolute atomic E-state index is 0.0166. The summed E-state index contributed by atoms with van der Waals surface area (Å²) < 4.78 is 10.5. The number of hydrogen-bond acceptors (Lipinski definition) is 7. The standard InChI is InChI=1S/C33H35N5O4/c1-24(25-7-5-4-6-8-25)38(33(40)27-11-15-29(42-3)16-12-27)23-32(39)37-21-19-36(20-22-37)31-18-17-30(34-35-31)26-9-13-28(41-2)14-10-26/h4-18,24H,19-23H2,1-3H3. The monoisotopic (exact) mass is 565 g/mol. The number of methoxy groups -OCH3 is 2. The van der Waals surface area contributed by atoms with Crippen LogP contribution in [-0.2, 0) is 4.79 Å². The van der Waals surface area contributed by atoms with Gasteiger partial charge in [-0.25, -0.2) is 0 Å². The third-order valence-electron chi connectivity index (χ3n) is 7.65. The van der Waals surface area contributed by atoms with Crippen molar-refractivity contribution in [1.29, 1.82) is 0 Å². The molecule has 0 aliphatic carbocycles. The lowest BCUT2D eigenvalue weighted by atomic mass is 10.1. The number of carbonyl (C=O) groups excluding carboxylic acids is 2. The molecule has 4 aromatic rings. The van der Waals surface area contributed by atoms with Gasteiger partial charge in [0.15, 0.2) is 5.82 Å². The third-order valence-corrected chi connectivity index (χ3v) is 7.65. The van der Waals surface area contributed by atoms with Crippen molar-refractivity contribution in [2.24, 2.45) is 0 Å². The second-order valence-electron chi connectivity index (χ2n) is 10.1. The normalized spacial score (nSPS) is 13.8. The summed E-state index contributed by atoms with van der Waals surface area (Å²) in [5, 5.41) is 8.86. The summed E-state index contributed by atoms with van der Waals surface area (Å²) >= 11 is 0. The third kappa shape index (κ3) is 6.52. The lowest BCUT2D eigenvalue weighted by Gasteiger charge is -2.37. The molecular formula is C33H35N5O4. The highest BCUT2D eigenvalue weighted by molar-refractivity contribution is 5.97. The van der Waals surface area contributed by atoms with Crippen LogP contribution in [0.25, 0.3) is 11.3 Å². The molecule has 216 valence electrons. The number of nitrogens with zero attached hydrogens (tertiary/aromatic N) is 5. The second-order valence-corrected chi connectivity index (χ2v) is 10.1. The minimum atomic E-state index is -0.287. The number of rotatable bonds is 9. The van der Waals surface area contributed by atoms with E-state index >= 15 is 0 Å². The Labute approximate surface area is 246 Å². The predicted molar refractivity (Wildman–Crippen MR) is 162 cm³/mol. The number of piperazine rings is 1. The minimum Gasteiger partial charge on any atom is -0.497 e. The molecule has 9 heteroatoms. The number of amides is 2. The Balaban J connectivity index is 1.24. The first-order valence-electron chi connectivity index (χ1n) is 14.0. The van der Waals surface area contributed by atoms with Gasteiger partial charge in [-0.15, -0.1) is 10.2 Å². The van der Waals surface area contributed by atoms with Crippen molar-refractivity contribution in [3.05, 3.63) is 102 Å². The molecule has 1 aromatic heterocycles. The van der Waals surface area contributed by atoms with Crippen LogP contribution in [0.3, 0.4) is 0 Å². The van der Waals surface area contributed by atoms with Crippen LogP contribution < -0.4 is 14.4 Å². The highest BCUT2D eigenvalue weighted by atomic mass is 16.5. The summed E-state index contributed by atoms with van der Waals surface area (Å²) in [6.45, 7) is 4.26. The molecule has 0 radical (unpaired) electrons. The molecule has 3 aromatic carbocycles. The molecule has 1 aliphatic rings. The van der Waals surface area contributed by atoms with Crippen LogP contribution in [-0.4, -0.2) is 78.8 Å². The van der Waals surface area contributed by atoms with Gasteiger partial charge in [0.1, 0.15) is 18.0 Å². The smallest absolute Gasteiger partial charge is 0.254 e. The Morgan fingerprint density at radius 3 is 1.98 bits per heavy atom. The van der Waals surface area contributed by atoms with E-state index in [-0.39, 0.29) is 24.4 Å². The molecule has 0 spiro atoms. The fraction of sp³-hybridized carbons (Fsp3) is 0.273. The average Bonchev–Trinajstić information content (AvgIpc) is 3.07. The molecule has 1 atom stereocenters. The van der Waals surface area contributed by atoms with Crippen LogP contribution in [0.15, 0.2) is 91.0 Å².